The minimum Gasteiger partial charge on any atom is -0.364 e. The summed E-state index contributed by atoms with van der Waals surface area (Å²) in [6, 6.07) is 2.02. The fourth-order valence-electron chi connectivity index (χ4n) is 3.48. The fraction of sp³-hybridized carbons (Fsp3) is 0.750. The van der Waals surface area contributed by atoms with Gasteiger partial charge in [0.1, 0.15) is 11.9 Å². The van der Waals surface area contributed by atoms with Crippen LogP contribution in [0.2, 0.25) is 0 Å². The van der Waals surface area contributed by atoms with Crippen LogP contribution in [-0.4, -0.2) is 34.4 Å². The monoisotopic (exact) mass is 306 g/mol. The molecule has 1 aromatic rings. The van der Waals surface area contributed by atoms with Crippen molar-refractivity contribution < 1.29 is 9.53 Å². The van der Waals surface area contributed by atoms with E-state index in [0.29, 0.717) is 12.5 Å². The third kappa shape index (κ3) is 3.33. The van der Waals surface area contributed by atoms with Crippen molar-refractivity contribution >= 4 is 11.7 Å². The van der Waals surface area contributed by atoms with E-state index < -0.39 is 0 Å². The van der Waals surface area contributed by atoms with Crippen molar-refractivity contribution in [3.63, 3.8) is 0 Å². The Morgan fingerprint density at radius 2 is 2.14 bits per heavy atom. The number of carbonyl (C=O) groups is 1. The Bertz CT molecular complexity index is 522. The van der Waals surface area contributed by atoms with Crippen molar-refractivity contribution in [2.75, 3.05) is 11.9 Å². The van der Waals surface area contributed by atoms with E-state index in [0.717, 1.165) is 24.4 Å². The molecule has 3 N–H and O–H groups in total. The summed E-state index contributed by atoms with van der Waals surface area (Å²) in [5, 5.41) is 7.54. The quantitative estimate of drug-likeness (QED) is 0.890. The number of aryl methyl sites for hydroxylation is 1. The summed E-state index contributed by atoms with van der Waals surface area (Å²) < 4.78 is 7.40. The van der Waals surface area contributed by atoms with Crippen LogP contribution in [0, 0.1) is 0 Å². The van der Waals surface area contributed by atoms with Gasteiger partial charge in [0.05, 0.1) is 11.8 Å². The first-order chi connectivity index (χ1) is 10.7. The Morgan fingerprint density at radius 1 is 1.36 bits per heavy atom. The number of aromatic nitrogens is 2. The first kappa shape index (κ1) is 15.5. The summed E-state index contributed by atoms with van der Waals surface area (Å²) in [7, 11) is 1.88. The normalized spacial score (nSPS) is 26.3. The number of carbonyl (C=O) groups excluding carboxylic acids is 1. The predicted molar refractivity (Wildman–Crippen MR) is 84.6 cm³/mol. The molecule has 3 rings (SSSR count). The highest BCUT2D eigenvalue weighted by Crippen LogP contribution is 2.33. The molecule has 1 saturated carbocycles. The van der Waals surface area contributed by atoms with Gasteiger partial charge in [-0.25, -0.2) is 0 Å². The lowest BCUT2D eigenvalue weighted by atomic mass is 9.87. The Balaban J connectivity index is 1.62. The van der Waals surface area contributed by atoms with Crippen LogP contribution in [0.5, 0.6) is 0 Å². The van der Waals surface area contributed by atoms with Crippen molar-refractivity contribution in [2.24, 2.45) is 12.8 Å². The molecule has 1 aromatic heterocycles. The topological polar surface area (TPSA) is 82.2 Å². The Labute approximate surface area is 131 Å². The lowest BCUT2D eigenvalue weighted by Gasteiger charge is -2.19. The molecule has 1 amide bonds. The number of nitrogens with two attached hydrogens (primary N) is 1. The van der Waals surface area contributed by atoms with Crippen molar-refractivity contribution in [1.82, 2.24) is 9.78 Å². The molecule has 6 heteroatoms. The zero-order valence-electron chi connectivity index (χ0n) is 13.3. The van der Waals surface area contributed by atoms with Crippen LogP contribution in [0.3, 0.4) is 0 Å². The Kier molecular flexibility index (Phi) is 4.78. The van der Waals surface area contributed by atoms with Gasteiger partial charge in [0.25, 0.3) is 5.91 Å². The van der Waals surface area contributed by atoms with E-state index in [1.54, 1.807) is 4.68 Å². The molecule has 2 atom stereocenters. The van der Waals surface area contributed by atoms with Gasteiger partial charge >= 0.3 is 0 Å². The molecule has 2 aliphatic rings. The summed E-state index contributed by atoms with van der Waals surface area (Å²) in [4.78, 5) is 12.3. The molecular formula is C16H26N4O2. The van der Waals surface area contributed by atoms with Crippen LogP contribution in [0.15, 0.2) is 6.07 Å². The van der Waals surface area contributed by atoms with Gasteiger partial charge in [-0.2, -0.15) is 5.10 Å². The van der Waals surface area contributed by atoms with Gasteiger partial charge in [0, 0.05) is 25.6 Å². The highest BCUT2D eigenvalue weighted by molar-refractivity contribution is 5.93. The maximum atomic E-state index is 12.3. The lowest BCUT2D eigenvalue weighted by Crippen LogP contribution is -2.30. The number of nitrogens with one attached hydrogen (secondary N) is 1. The zero-order chi connectivity index (χ0) is 15.5. The maximum Gasteiger partial charge on any atom is 0.254 e. The molecule has 22 heavy (non-hydrogen) atoms. The average molecular weight is 306 g/mol. The van der Waals surface area contributed by atoms with Gasteiger partial charge in [0.2, 0.25) is 0 Å². The summed E-state index contributed by atoms with van der Waals surface area (Å²) in [5.74, 6) is 1.20. The molecule has 0 aromatic carbocycles. The number of hydrogen-bond acceptors (Lipinski definition) is 4. The van der Waals surface area contributed by atoms with E-state index in [-0.39, 0.29) is 18.1 Å². The van der Waals surface area contributed by atoms with E-state index in [2.05, 4.69) is 10.4 Å². The highest BCUT2D eigenvalue weighted by atomic mass is 16.5. The third-order valence-electron chi connectivity index (χ3n) is 4.84. The van der Waals surface area contributed by atoms with Crippen LogP contribution in [0.25, 0.3) is 0 Å². The SMILES string of the molecule is Cn1nc(C2CCCCC2)cc1NC(=O)[C@@H]1CC[C@H](CN)O1. The van der Waals surface area contributed by atoms with Crippen molar-refractivity contribution in [1.29, 1.82) is 0 Å². The van der Waals surface area contributed by atoms with Gasteiger partial charge in [-0.15, -0.1) is 0 Å². The van der Waals surface area contributed by atoms with E-state index >= 15 is 0 Å². The van der Waals surface area contributed by atoms with Gasteiger partial charge in [-0.05, 0) is 25.7 Å². The number of amides is 1. The second kappa shape index (κ2) is 6.79. The predicted octanol–water partition coefficient (Wildman–Crippen LogP) is 1.91. The van der Waals surface area contributed by atoms with Crippen LogP contribution < -0.4 is 11.1 Å². The summed E-state index contributed by atoms with van der Waals surface area (Å²) in [6.07, 6.45) is 7.51. The minimum absolute atomic E-state index is 0.0140. The van der Waals surface area contributed by atoms with Crippen LogP contribution in [0.4, 0.5) is 5.82 Å². The van der Waals surface area contributed by atoms with Crippen LogP contribution >= 0.6 is 0 Å². The van der Waals surface area contributed by atoms with Crippen molar-refractivity contribution in [3.8, 4) is 0 Å². The molecular weight excluding hydrogens is 280 g/mol. The van der Waals surface area contributed by atoms with Gasteiger partial charge in [0.15, 0.2) is 0 Å². The van der Waals surface area contributed by atoms with Crippen LogP contribution in [-0.2, 0) is 16.6 Å². The molecule has 0 bridgehead atoms. The first-order valence-corrected chi connectivity index (χ1v) is 8.37. The average Bonchev–Trinajstić information content (AvgIpc) is 3.15. The van der Waals surface area contributed by atoms with Gasteiger partial charge in [-0.3, -0.25) is 9.48 Å². The fourth-order valence-corrected chi connectivity index (χ4v) is 3.48. The number of anilines is 1. The number of hydrogen-bond donors (Lipinski definition) is 2. The largest absolute Gasteiger partial charge is 0.364 e. The smallest absolute Gasteiger partial charge is 0.254 e. The highest BCUT2D eigenvalue weighted by Gasteiger charge is 2.30. The molecule has 2 fully saturated rings. The van der Waals surface area contributed by atoms with Gasteiger partial charge < -0.3 is 15.8 Å². The van der Waals surface area contributed by atoms with E-state index in [9.17, 15) is 4.79 Å². The summed E-state index contributed by atoms with van der Waals surface area (Å²) >= 11 is 0. The molecule has 1 saturated heterocycles. The zero-order valence-corrected chi connectivity index (χ0v) is 13.3. The summed E-state index contributed by atoms with van der Waals surface area (Å²) in [6.45, 7) is 0.474. The first-order valence-electron chi connectivity index (χ1n) is 8.37. The molecule has 122 valence electrons. The Hall–Kier alpha value is -1.40. The van der Waals surface area contributed by atoms with E-state index in [1.807, 2.05) is 13.1 Å². The van der Waals surface area contributed by atoms with Crippen LogP contribution in [0.1, 0.15) is 56.6 Å². The molecule has 0 unspecified atom stereocenters. The number of ether oxygens (including phenoxy) is 1. The Morgan fingerprint density at radius 3 is 2.82 bits per heavy atom. The molecule has 6 nitrogen and oxygen atoms in total. The van der Waals surface area contributed by atoms with Crippen molar-refractivity contribution in [3.05, 3.63) is 11.8 Å². The van der Waals surface area contributed by atoms with Gasteiger partial charge in [-0.1, -0.05) is 19.3 Å². The molecule has 0 spiro atoms. The molecule has 0 radical (unpaired) electrons. The molecule has 2 heterocycles. The minimum atomic E-state index is -0.387. The standard InChI is InChI=1S/C16H26N4O2/c1-20-15(9-13(19-20)11-5-3-2-4-6-11)18-16(21)14-8-7-12(10-17)22-14/h9,11-12,14H,2-8,10,17H2,1H3,(H,18,21)/t12-,14+/m1/s1. The third-order valence-corrected chi connectivity index (χ3v) is 4.84. The summed E-state index contributed by atoms with van der Waals surface area (Å²) in [5.41, 5.74) is 6.69. The molecule has 1 aliphatic heterocycles. The van der Waals surface area contributed by atoms with Crippen molar-refractivity contribution in [2.45, 2.75) is 63.1 Å². The lowest BCUT2D eigenvalue weighted by molar-refractivity contribution is -0.126. The van der Waals surface area contributed by atoms with E-state index in [1.165, 1.54) is 32.1 Å². The molecule has 1 aliphatic carbocycles. The van der Waals surface area contributed by atoms with E-state index in [4.69, 9.17) is 10.5 Å². The maximum absolute atomic E-state index is 12.3. The number of rotatable bonds is 4. The number of nitrogens with zero attached hydrogens (tertiary/aromatic N) is 2. The second-order valence-corrected chi connectivity index (χ2v) is 6.46. The second-order valence-electron chi connectivity index (χ2n) is 6.46.